The van der Waals surface area contributed by atoms with E-state index in [1.165, 1.54) is 0 Å². The molecule has 0 aliphatic carbocycles. The molecule has 0 saturated carbocycles. The summed E-state index contributed by atoms with van der Waals surface area (Å²) in [5.41, 5.74) is 7.42. The molecule has 3 N–H and O–H groups in total. The normalized spacial score (nSPS) is 11.6. The fourth-order valence-electron chi connectivity index (χ4n) is 0.912. The maximum absolute atomic E-state index is 8.33. The lowest BCUT2D eigenvalue weighted by Gasteiger charge is -2.01. The van der Waals surface area contributed by atoms with Crippen LogP contribution >= 0.6 is 0 Å². The van der Waals surface area contributed by atoms with Crippen LogP contribution in [-0.2, 0) is 6.42 Å². The highest BCUT2D eigenvalue weighted by Crippen LogP contribution is 2.04. The molecule has 1 heterocycles. The standard InChI is InChI=1S/C8H11N3O/c1-6-2-3-10-5-7(6)4-8(9)11-12/h2-3,5,12H,4H2,1H3,(H2,9,11). The first-order valence-electron chi connectivity index (χ1n) is 3.60. The van der Waals surface area contributed by atoms with Gasteiger partial charge in [0.15, 0.2) is 0 Å². The Morgan fingerprint density at radius 1 is 1.75 bits per heavy atom. The molecule has 1 aromatic rings. The molecule has 0 aliphatic rings. The summed E-state index contributed by atoms with van der Waals surface area (Å²) in [7, 11) is 0. The van der Waals surface area contributed by atoms with Gasteiger partial charge >= 0.3 is 0 Å². The summed E-state index contributed by atoms with van der Waals surface area (Å²) in [6.07, 6.45) is 3.87. The molecule has 0 fully saturated rings. The maximum atomic E-state index is 8.33. The van der Waals surface area contributed by atoms with Crippen LogP contribution in [0.1, 0.15) is 11.1 Å². The first-order chi connectivity index (χ1) is 5.74. The van der Waals surface area contributed by atoms with E-state index < -0.39 is 0 Å². The molecule has 12 heavy (non-hydrogen) atoms. The fraction of sp³-hybridized carbons (Fsp3) is 0.250. The lowest BCUT2D eigenvalue weighted by Crippen LogP contribution is -2.15. The van der Waals surface area contributed by atoms with Crippen LogP contribution in [-0.4, -0.2) is 16.0 Å². The fourth-order valence-corrected chi connectivity index (χ4v) is 0.912. The van der Waals surface area contributed by atoms with E-state index in [-0.39, 0.29) is 5.84 Å². The number of nitrogens with zero attached hydrogens (tertiary/aromatic N) is 2. The van der Waals surface area contributed by atoms with Crippen LogP contribution in [0.3, 0.4) is 0 Å². The summed E-state index contributed by atoms with van der Waals surface area (Å²) < 4.78 is 0. The second kappa shape index (κ2) is 3.71. The van der Waals surface area contributed by atoms with Crippen LogP contribution in [0.2, 0.25) is 0 Å². The summed E-state index contributed by atoms with van der Waals surface area (Å²) in [5.74, 6) is 0.200. The van der Waals surface area contributed by atoms with Crippen molar-refractivity contribution in [1.82, 2.24) is 4.98 Å². The molecule has 0 radical (unpaired) electrons. The molecule has 0 unspecified atom stereocenters. The quantitative estimate of drug-likeness (QED) is 0.293. The summed E-state index contributed by atoms with van der Waals surface area (Å²) >= 11 is 0. The third-order valence-electron chi connectivity index (χ3n) is 1.65. The number of hydrogen-bond donors (Lipinski definition) is 2. The molecule has 0 bridgehead atoms. The minimum atomic E-state index is 0.200. The molecule has 64 valence electrons. The molecule has 4 heteroatoms. The van der Waals surface area contributed by atoms with Crippen molar-refractivity contribution in [2.24, 2.45) is 10.9 Å². The second-order valence-electron chi connectivity index (χ2n) is 2.57. The van der Waals surface area contributed by atoms with Crippen molar-refractivity contribution in [2.45, 2.75) is 13.3 Å². The monoisotopic (exact) mass is 165 g/mol. The third-order valence-corrected chi connectivity index (χ3v) is 1.65. The van der Waals surface area contributed by atoms with E-state index in [1.807, 2.05) is 13.0 Å². The number of nitrogens with two attached hydrogens (primary N) is 1. The summed E-state index contributed by atoms with van der Waals surface area (Å²) in [5, 5.41) is 11.2. The lowest BCUT2D eigenvalue weighted by atomic mass is 10.1. The number of aryl methyl sites for hydroxylation is 1. The van der Waals surface area contributed by atoms with Crippen LogP contribution in [0.5, 0.6) is 0 Å². The molecule has 0 aromatic carbocycles. The van der Waals surface area contributed by atoms with Gasteiger partial charge in [-0.25, -0.2) is 0 Å². The smallest absolute Gasteiger partial charge is 0.143 e. The van der Waals surface area contributed by atoms with Crippen molar-refractivity contribution in [1.29, 1.82) is 0 Å². The SMILES string of the molecule is Cc1ccncc1C/C(N)=N/O. The van der Waals surface area contributed by atoms with Gasteiger partial charge in [-0.15, -0.1) is 0 Å². The topological polar surface area (TPSA) is 71.5 Å². The van der Waals surface area contributed by atoms with Gasteiger partial charge in [0.2, 0.25) is 0 Å². The van der Waals surface area contributed by atoms with Crippen molar-refractivity contribution in [3.63, 3.8) is 0 Å². The molecule has 0 atom stereocenters. The average molecular weight is 165 g/mol. The molecule has 0 amide bonds. The number of hydrogen-bond acceptors (Lipinski definition) is 3. The van der Waals surface area contributed by atoms with E-state index in [4.69, 9.17) is 10.9 Å². The van der Waals surface area contributed by atoms with Gasteiger partial charge in [-0.1, -0.05) is 5.16 Å². The van der Waals surface area contributed by atoms with E-state index in [1.54, 1.807) is 12.4 Å². The zero-order valence-electron chi connectivity index (χ0n) is 6.86. The van der Waals surface area contributed by atoms with Crippen LogP contribution in [0.4, 0.5) is 0 Å². The average Bonchev–Trinajstić information content (AvgIpc) is 2.09. The number of pyridine rings is 1. The minimum absolute atomic E-state index is 0.200. The molecule has 1 aromatic heterocycles. The van der Waals surface area contributed by atoms with Crippen molar-refractivity contribution >= 4 is 5.84 Å². The Balaban J connectivity index is 2.82. The summed E-state index contributed by atoms with van der Waals surface area (Å²) in [6.45, 7) is 1.96. The van der Waals surface area contributed by atoms with Gasteiger partial charge in [-0.3, -0.25) is 4.98 Å². The lowest BCUT2D eigenvalue weighted by molar-refractivity contribution is 0.317. The van der Waals surface area contributed by atoms with Gasteiger partial charge in [0.25, 0.3) is 0 Å². The van der Waals surface area contributed by atoms with Gasteiger partial charge in [-0.05, 0) is 24.1 Å². The Hall–Kier alpha value is -1.58. The van der Waals surface area contributed by atoms with Crippen LogP contribution < -0.4 is 5.73 Å². The van der Waals surface area contributed by atoms with E-state index in [9.17, 15) is 0 Å². The number of oxime groups is 1. The van der Waals surface area contributed by atoms with Crippen molar-refractivity contribution in [2.75, 3.05) is 0 Å². The molecule has 0 saturated heterocycles. The van der Waals surface area contributed by atoms with Gasteiger partial charge in [0.05, 0.1) is 0 Å². The zero-order chi connectivity index (χ0) is 8.97. The highest BCUT2D eigenvalue weighted by molar-refractivity contribution is 5.82. The predicted octanol–water partition coefficient (Wildman–Crippen LogP) is 0.679. The van der Waals surface area contributed by atoms with Gasteiger partial charge in [-0.2, -0.15) is 0 Å². The van der Waals surface area contributed by atoms with Crippen molar-refractivity contribution in [3.05, 3.63) is 29.6 Å². The molecule has 4 nitrogen and oxygen atoms in total. The van der Waals surface area contributed by atoms with E-state index >= 15 is 0 Å². The van der Waals surface area contributed by atoms with E-state index in [0.29, 0.717) is 6.42 Å². The Morgan fingerprint density at radius 3 is 3.08 bits per heavy atom. The number of rotatable bonds is 2. The highest BCUT2D eigenvalue weighted by atomic mass is 16.4. The second-order valence-corrected chi connectivity index (χ2v) is 2.57. The Bertz CT molecular complexity index is 296. The maximum Gasteiger partial charge on any atom is 0.143 e. The highest BCUT2D eigenvalue weighted by Gasteiger charge is 1.99. The van der Waals surface area contributed by atoms with Gasteiger partial charge in [0, 0.05) is 18.8 Å². The van der Waals surface area contributed by atoms with Crippen molar-refractivity contribution < 1.29 is 5.21 Å². The molecule has 0 spiro atoms. The van der Waals surface area contributed by atoms with Crippen LogP contribution in [0.25, 0.3) is 0 Å². The Morgan fingerprint density at radius 2 is 2.50 bits per heavy atom. The molecular formula is C8H11N3O. The predicted molar refractivity (Wildman–Crippen MR) is 46.1 cm³/mol. The largest absolute Gasteiger partial charge is 0.409 e. The third kappa shape index (κ3) is 1.95. The number of aromatic nitrogens is 1. The molecular weight excluding hydrogens is 154 g/mol. The van der Waals surface area contributed by atoms with Gasteiger partial charge < -0.3 is 10.9 Å². The minimum Gasteiger partial charge on any atom is -0.409 e. The molecule has 0 aliphatic heterocycles. The van der Waals surface area contributed by atoms with Gasteiger partial charge in [0.1, 0.15) is 5.84 Å². The molecule has 1 rings (SSSR count). The Labute approximate surface area is 70.7 Å². The van der Waals surface area contributed by atoms with Crippen molar-refractivity contribution in [3.8, 4) is 0 Å². The first-order valence-corrected chi connectivity index (χ1v) is 3.60. The number of amidine groups is 1. The van der Waals surface area contributed by atoms with Crippen LogP contribution in [0.15, 0.2) is 23.6 Å². The zero-order valence-corrected chi connectivity index (χ0v) is 6.86. The van der Waals surface area contributed by atoms with Crippen LogP contribution in [0, 0.1) is 6.92 Å². The Kier molecular flexibility index (Phi) is 2.63. The van der Waals surface area contributed by atoms with E-state index in [0.717, 1.165) is 11.1 Å². The summed E-state index contributed by atoms with van der Waals surface area (Å²) in [4.78, 5) is 3.94. The summed E-state index contributed by atoms with van der Waals surface area (Å²) in [6, 6.07) is 1.89. The first kappa shape index (κ1) is 8.52. The van der Waals surface area contributed by atoms with E-state index in [2.05, 4.69) is 10.1 Å².